The second-order valence-electron chi connectivity index (χ2n) is 6.82. The zero-order valence-electron chi connectivity index (χ0n) is 15.9. The van der Waals surface area contributed by atoms with E-state index in [-0.39, 0.29) is 32.0 Å². The molecule has 9 heteroatoms. The molecule has 1 spiro atoms. The van der Waals surface area contributed by atoms with Gasteiger partial charge in [0.05, 0.1) is 6.61 Å². The van der Waals surface area contributed by atoms with Crippen LogP contribution in [0.1, 0.15) is 12.0 Å². The Balaban J connectivity index is 1.35. The van der Waals surface area contributed by atoms with Crippen LogP contribution in [0.3, 0.4) is 0 Å². The quantitative estimate of drug-likeness (QED) is 0.441. The van der Waals surface area contributed by atoms with Crippen molar-refractivity contribution in [3.05, 3.63) is 59.9 Å². The van der Waals surface area contributed by atoms with E-state index in [1.165, 1.54) is 18.2 Å². The largest absolute Gasteiger partial charge is 0.493 e. The van der Waals surface area contributed by atoms with Crippen molar-refractivity contribution in [1.82, 2.24) is 10.2 Å². The molecule has 30 heavy (non-hydrogen) atoms. The topological polar surface area (TPSA) is 94.2 Å². The molecule has 1 saturated heterocycles. The molecule has 0 radical (unpaired) electrons. The summed E-state index contributed by atoms with van der Waals surface area (Å²) < 4.78 is 29.3. The summed E-state index contributed by atoms with van der Waals surface area (Å²) >= 11 is 0. The van der Waals surface area contributed by atoms with Crippen molar-refractivity contribution in [2.45, 2.75) is 12.0 Å². The van der Waals surface area contributed by atoms with E-state index < -0.39 is 35.8 Å². The number of rotatable bonds is 6. The number of ether oxygens (including phenoxy) is 3. The molecule has 0 aromatic heterocycles. The van der Waals surface area contributed by atoms with Crippen LogP contribution in [0, 0.1) is 5.82 Å². The van der Waals surface area contributed by atoms with E-state index in [1.807, 2.05) is 0 Å². The van der Waals surface area contributed by atoms with E-state index in [0.29, 0.717) is 11.3 Å². The smallest absolute Gasteiger partial charge is 0.326 e. The minimum absolute atomic E-state index is 0.0442. The number of nitrogens with zero attached hydrogens (tertiary/aromatic N) is 1. The lowest BCUT2D eigenvalue weighted by molar-refractivity contribution is -0.148. The summed E-state index contributed by atoms with van der Waals surface area (Å²) in [4.78, 5) is 38.5. The zero-order valence-corrected chi connectivity index (χ0v) is 15.9. The third kappa shape index (κ3) is 3.54. The molecular formula is C21H19FN2O6. The maximum atomic E-state index is 13.5. The highest BCUT2D eigenvalue weighted by Gasteiger charge is 2.55. The number of nitrogens with one attached hydrogen (secondary N) is 1. The van der Waals surface area contributed by atoms with Gasteiger partial charge in [-0.15, -0.1) is 0 Å². The minimum atomic E-state index is -1.25. The van der Waals surface area contributed by atoms with Gasteiger partial charge in [0.1, 0.15) is 25.5 Å². The molecule has 4 rings (SSSR count). The fourth-order valence-corrected chi connectivity index (χ4v) is 3.56. The number of halogens is 1. The van der Waals surface area contributed by atoms with Gasteiger partial charge >= 0.3 is 12.0 Å². The molecule has 8 nitrogen and oxygen atoms in total. The number of fused-ring (bicyclic) bond motifs is 2. The average molecular weight is 414 g/mol. The molecule has 2 aliphatic rings. The molecule has 1 fully saturated rings. The minimum Gasteiger partial charge on any atom is -0.493 e. The lowest BCUT2D eigenvalue weighted by atomic mass is 9.84. The molecule has 2 aromatic carbocycles. The molecule has 0 aliphatic carbocycles. The Morgan fingerprint density at radius 2 is 1.90 bits per heavy atom. The molecule has 156 valence electrons. The normalized spacial score (nSPS) is 19.8. The fraction of sp³-hybridized carbons (Fsp3) is 0.286. The molecule has 0 unspecified atom stereocenters. The zero-order chi connectivity index (χ0) is 21.1. The van der Waals surface area contributed by atoms with Crippen LogP contribution >= 0.6 is 0 Å². The highest BCUT2D eigenvalue weighted by atomic mass is 19.1. The Hall–Kier alpha value is -3.62. The van der Waals surface area contributed by atoms with Crippen molar-refractivity contribution in [2.75, 3.05) is 26.4 Å². The summed E-state index contributed by atoms with van der Waals surface area (Å²) in [5.74, 6) is -1.25. The molecule has 1 N–H and O–H groups in total. The van der Waals surface area contributed by atoms with E-state index in [4.69, 9.17) is 14.2 Å². The monoisotopic (exact) mass is 414 g/mol. The Bertz CT molecular complexity index is 997. The molecule has 0 saturated carbocycles. The number of benzene rings is 2. The number of hydrogen-bond donors (Lipinski definition) is 1. The van der Waals surface area contributed by atoms with E-state index in [9.17, 15) is 18.8 Å². The molecule has 2 heterocycles. The van der Waals surface area contributed by atoms with Gasteiger partial charge in [-0.05, 0) is 18.2 Å². The molecule has 2 aliphatic heterocycles. The maximum absolute atomic E-state index is 13.5. The Morgan fingerprint density at radius 1 is 1.13 bits per heavy atom. The molecule has 2 aromatic rings. The lowest BCUT2D eigenvalue weighted by Gasteiger charge is -2.33. The summed E-state index contributed by atoms with van der Waals surface area (Å²) in [5.41, 5.74) is -0.691. The predicted molar refractivity (Wildman–Crippen MR) is 101 cm³/mol. The Kier molecular flexibility index (Phi) is 5.26. The summed E-state index contributed by atoms with van der Waals surface area (Å²) in [7, 11) is 0. The van der Waals surface area contributed by atoms with Gasteiger partial charge in [0.25, 0.3) is 5.91 Å². The fourth-order valence-electron chi connectivity index (χ4n) is 3.56. The highest BCUT2D eigenvalue weighted by molar-refractivity contribution is 6.09. The number of hydrogen-bond acceptors (Lipinski definition) is 6. The number of carbonyl (C=O) groups is 3. The van der Waals surface area contributed by atoms with Crippen molar-refractivity contribution in [1.29, 1.82) is 0 Å². The van der Waals surface area contributed by atoms with E-state index in [0.717, 1.165) is 4.90 Å². The van der Waals surface area contributed by atoms with E-state index in [1.54, 1.807) is 30.3 Å². The van der Waals surface area contributed by atoms with Crippen LogP contribution in [0.5, 0.6) is 11.5 Å². The van der Waals surface area contributed by atoms with Crippen molar-refractivity contribution >= 4 is 17.9 Å². The summed E-state index contributed by atoms with van der Waals surface area (Å²) in [6.07, 6.45) is 0.261. The van der Waals surface area contributed by atoms with Gasteiger partial charge in [-0.25, -0.2) is 9.18 Å². The van der Waals surface area contributed by atoms with Crippen molar-refractivity contribution in [3.63, 3.8) is 0 Å². The van der Waals surface area contributed by atoms with E-state index >= 15 is 0 Å². The van der Waals surface area contributed by atoms with Crippen LogP contribution < -0.4 is 14.8 Å². The average Bonchev–Trinajstić information content (AvgIpc) is 2.97. The van der Waals surface area contributed by atoms with Gasteiger partial charge in [0.15, 0.2) is 17.1 Å². The van der Waals surface area contributed by atoms with Gasteiger partial charge in [-0.1, -0.05) is 30.3 Å². The first-order valence-electron chi connectivity index (χ1n) is 9.41. The van der Waals surface area contributed by atoms with Gasteiger partial charge in [-0.2, -0.15) is 0 Å². The van der Waals surface area contributed by atoms with Crippen LogP contribution in [0.15, 0.2) is 48.5 Å². The predicted octanol–water partition coefficient (Wildman–Crippen LogP) is 1.98. The first-order chi connectivity index (χ1) is 14.5. The third-order valence-electron chi connectivity index (χ3n) is 4.99. The number of imide groups is 1. The summed E-state index contributed by atoms with van der Waals surface area (Å²) in [5, 5.41) is 2.71. The second-order valence-corrected chi connectivity index (χ2v) is 6.82. The highest BCUT2D eigenvalue weighted by Crippen LogP contribution is 2.40. The summed E-state index contributed by atoms with van der Waals surface area (Å²) in [6, 6.07) is 12.2. The van der Waals surface area contributed by atoms with Gasteiger partial charge in [0.2, 0.25) is 0 Å². The third-order valence-corrected chi connectivity index (χ3v) is 4.99. The molecule has 3 amide bonds. The van der Waals surface area contributed by atoms with Crippen LogP contribution in [0.25, 0.3) is 0 Å². The maximum Gasteiger partial charge on any atom is 0.326 e. The van der Waals surface area contributed by atoms with E-state index in [2.05, 4.69) is 5.32 Å². The summed E-state index contributed by atoms with van der Waals surface area (Å²) in [6.45, 7) is -0.496. The number of para-hydroxylation sites is 2. The van der Waals surface area contributed by atoms with Crippen LogP contribution in [-0.4, -0.2) is 49.2 Å². The Morgan fingerprint density at radius 3 is 2.73 bits per heavy atom. The first kappa shape index (κ1) is 19.7. The number of amides is 3. The number of carbonyl (C=O) groups excluding carboxylic acids is 3. The molecule has 0 bridgehead atoms. The van der Waals surface area contributed by atoms with Crippen molar-refractivity contribution < 1.29 is 33.0 Å². The van der Waals surface area contributed by atoms with Gasteiger partial charge < -0.3 is 19.5 Å². The molecular weight excluding hydrogens is 395 g/mol. The first-order valence-corrected chi connectivity index (χ1v) is 9.41. The lowest BCUT2D eigenvalue weighted by Crippen LogP contribution is -2.47. The second kappa shape index (κ2) is 8.02. The van der Waals surface area contributed by atoms with Crippen LogP contribution in [0.4, 0.5) is 9.18 Å². The van der Waals surface area contributed by atoms with Gasteiger partial charge in [-0.3, -0.25) is 14.5 Å². The Labute approximate surface area is 171 Å². The van der Waals surface area contributed by atoms with Crippen molar-refractivity contribution in [2.24, 2.45) is 0 Å². The molecule has 1 atom stereocenters. The van der Waals surface area contributed by atoms with Gasteiger partial charge in [0, 0.05) is 12.0 Å². The van der Waals surface area contributed by atoms with Crippen LogP contribution in [-0.2, 0) is 19.9 Å². The van der Waals surface area contributed by atoms with Crippen molar-refractivity contribution in [3.8, 4) is 11.5 Å². The SMILES string of the molecule is O=C(CN1C(=O)N[C@@]2(CCOc3ccccc32)C1=O)OCCOc1ccccc1F. The standard InChI is InChI=1S/C21H19FN2O6/c22-15-6-2-4-8-17(15)29-11-12-30-18(25)13-24-19(26)21(23-20(24)27)9-10-28-16-7-3-1-5-14(16)21/h1-8H,9-13H2,(H,23,27)/t21-/m1/s1. The number of urea groups is 1. The number of esters is 1. The van der Waals surface area contributed by atoms with Crippen LogP contribution in [0.2, 0.25) is 0 Å².